The van der Waals surface area contributed by atoms with Crippen molar-refractivity contribution in [2.75, 3.05) is 13.2 Å². The molecule has 1 atom stereocenters. The molecule has 1 rings (SSSR count). The van der Waals surface area contributed by atoms with E-state index in [4.69, 9.17) is 16.3 Å². The van der Waals surface area contributed by atoms with Crippen LogP contribution in [0.2, 0.25) is 5.02 Å². The van der Waals surface area contributed by atoms with E-state index >= 15 is 0 Å². The highest BCUT2D eigenvalue weighted by Gasteiger charge is 2.15. The molecule has 0 bridgehead atoms. The summed E-state index contributed by atoms with van der Waals surface area (Å²) in [6.45, 7) is 3.34. The number of hydrogen-bond acceptors (Lipinski definition) is 4. The molecule has 1 aromatic carbocycles. The second-order valence-corrected chi connectivity index (χ2v) is 5.12. The zero-order valence-corrected chi connectivity index (χ0v) is 13.7. The first-order valence-corrected chi connectivity index (χ1v) is 7.47. The highest BCUT2D eigenvalue weighted by atomic mass is 35.5. The smallest absolute Gasteiger partial charge is 0.331 e. The number of carbonyl (C=O) groups is 3. The summed E-state index contributed by atoms with van der Waals surface area (Å²) in [6.07, 6.45) is 2.73. The molecule has 2 amide bonds. The molecular formula is C16H19ClN2O4. The summed E-state index contributed by atoms with van der Waals surface area (Å²) in [4.78, 5) is 34.6. The molecule has 0 spiro atoms. The molecule has 2 N–H and O–H groups in total. The number of hydrogen-bond donors (Lipinski definition) is 2. The molecule has 0 saturated heterocycles. The fourth-order valence-electron chi connectivity index (χ4n) is 1.64. The number of esters is 1. The summed E-state index contributed by atoms with van der Waals surface area (Å²) in [5.41, 5.74) is 0.740. The van der Waals surface area contributed by atoms with Gasteiger partial charge in [0.15, 0.2) is 6.61 Å². The van der Waals surface area contributed by atoms with Crippen LogP contribution in [-0.4, -0.2) is 37.0 Å². The van der Waals surface area contributed by atoms with E-state index in [1.807, 2.05) is 0 Å². The first-order valence-electron chi connectivity index (χ1n) is 7.10. The van der Waals surface area contributed by atoms with Crippen molar-refractivity contribution in [1.29, 1.82) is 0 Å². The van der Waals surface area contributed by atoms with Gasteiger partial charge in [-0.15, -0.1) is 0 Å². The Labute approximate surface area is 139 Å². The quantitative estimate of drug-likeness (QED) is 0.583. The minimum Gasteiger partial charge on any atom is -0.452 e. The summed E-state index contributed by atoms with van der Waals surface area (Å²) in [5, 5.41) is 5.56. The Morgan fingerprint density at radius 1 is 1.35 bits per heavy atom. The fourth-order valence-corrected chi connectivity index (χ4v) is 1.83. The Balaban J connectivity index is 2.38. The lowest BCUT2D eigenvalue weighted by Gasteiger charge is -2.12. The Morgan fingerprint density at radius 2 is 2.09 bits per heavy atom. The standard InChI is InChI=1S/C16H19ClN2O4/c1-3-18-16(22)11(2)19-14(20)10-23-15(21)8-7-12-5-4-6-13(17)9-12/h4-9,11H,3,10H2,1-2H3,(H,18,22)(H,19,20)/b8-7+/t11-/m1/s1. The van der Waals surface area contributed by atoms with E-state index in [1.165, 1.54) is 12.2 Å². The second-order valence-electron chi connectivity index (χ2n) is 4.68. The maximum Gasteiger partial charge on any atom is 0.331 e. The van der Waals surface area contributed by atoms with Gasteiger partial charge in [0.25, 0.3) is 5.91 Å². The van der Waals surface area contributed by atoms with Gasteiger partial charge in [0.2, 0.25) is 5.91 Å². The molecule has 0 aliphatic rings. The van der Waals surface area contributed by atoms with Crippen LogP contribution in [0.1, 0.15) is 19.4 Å². The van der Waals surface area contributed by atoms with Crippen LogP contribution in [0.4, 0.5) is 0 Å². The zero-order valence-electron chi connectivity index (χ0n) is 13.0. The van der Waals surface area contributed by atoms with Crippen molar-refractivity contribution in [3.8, 4) is 0 Å². The van der Waals surface area contributed by atoms with Crippen LogP contribution in [0.3, 0.4) is 0 Å². The summed E-state index contributed by atoms with van der Waals surface area (Å²) in [6, 6.07) is 6.24. The van der Waals surface area contributed by atoms with E-state index in [2.05, 4.69) is 10.6 Å². The average molecular weight is 339 g/mol. The maximum atomic E-state index is 11.6. The highest BCUT2D eigenvalue weighted by molar-refractivity contribution is 6.30. The Bertz CT molecular complexity index is 601. The largest absolute Gasteiger partial charge is 0.452 e. The Morgan fingerprint density at radius 3 is 2.74 bits per heavy atom. The number of ether oxygens (including phenoxy) is 1. The minimum absolute atomic E-state index is 0.298. The van der Waals surface area contributed by atoms with E-state index in [9.17, 15) is 14.4 Å². The molecule has 0 fully saturated rings. The summed E-state index contributed by atoms with van der Waals surface area (Å²) in [7, 11) is 0. The van der Waals surface area contributed by atoms with Crippen LogP contribution in [0.5, 0.6) is 0 Å². The van der Waals surface area contributed by atoms with Crippen molar-refractivity contribution in [2.24, 2.45) is 0 Å². The minimum atomic E-state index is -0.692. The molecule has 7 heteroatoms. The normalized spacial score (nSPS) is 11.8. The average Bonchev–Trinajstić information content (AvgIpc) is 2.51. The first-order chi connectivity index (χ1) is 10.9. The predicted molar refractivity (Wildman–Crippen MR) is 87.7 cm³/mol. The molecule has 0 aromatic heterocycles. The van der Waals surface area contributed by atoms with E-state index in [0.29, 0.717) is 11.6 Å². The topological polar surface area (TPSA) is 84.5 Å². The van der Waals surface area contributed by atoms with Crippen LogP contribution < -0.4 is 10.6 Å². The lowest BCUT2D eigenvalue weighted by molar-refractivity contribution is -0.144. The molecule has 0 saturated carbocycles. The lowest BCUT2D eigenvalue weighted by atomic mass is 10.2. The lowest BCUT2D eigenvalue weighted by Crippen LogP contribution is -2.46. The molecule has 0 heterocycles. The molecule has 1 aromatic rings. The number of carbonyl (C=O) groups excluding carboxylic acids is 3. The van der Waals surface area contributed by atoms with Gasteiger partial charge in [0.05, 0.1) is 0 Å². The third-order valence-corrected chi connectivity index (χ3v) is 2.96. The maximum absolute atomic E-state index is 11.6. The van der Waals surface area contributed by atoms with Crippen molar-refractivity contribution in [1.82, 2.24) is 10.6 Å². The van der Waals surface area contributed by atoms with Gasteiger partial charge < -0.3 is 15.4 Å². The van der Waals surface area contributed by atoms with Crippen LogP contribution in [0.15, 0.2) is 30.3 Å². The second kappa shape index (κ2) is 9.63. The van der Waals surface area contributed by atoms with Gasteiger partial charge in [-0.25, -0.2) is 4.79 Å². The van der Waals surface area contributed by atoms with Gasteiger partial charge >= 0.3 is 5.97 Å². The number of likely N-dealkylation sites (N-methyl/N-ethyl adjacent to an activating group) is 1. The van der Waals surface area contributed by atoms with Gasteiger partial charge in [-0.05, 0) is 37.6 Å². The number of benzene rings is 1. The molecule has 0 radical (unpaired) electrons. The zero-order chi connectivity index (χ0) is 17.2. The molecular weight excluding hydrogens is 320 g/mol. The SMILES string of the molecule is CCNC(=O)[C@@H](C)NC(=O)COC(=O)/C=C/c1cccc(Cl)c1. The summed E-state index contributed by atoms with van der Waals surface area (Å²) in [5.74, 6) is -1.51. The molecule has 6 nitrogen and oxygen atoms in total. The monoisotopic (exact) mass is 338 g/mol. The third-order valence-electron chi connectivity index (χ3n) is 2.73. The molecule has 124 valence electrons. The summed E-state index contributed by atoms with van der Waals surface area (Å²) < 4.78 is 4.79. The molecule has 23 heavy (non-hydrogen) atoms. The van der Waals surface area contributed by atoms with Crippen LogP contribution in [-0.2, 0) is 19.1 Å². The van der Waals surface area contributed by atoms with E-state index < -0.39 is 24.5 Å². The van der Waals surface area contributed by atoms with Gasteiger partial charge in [-0.3, -0.25) is 9.59 Å². The summed E-state index contributed by atoms with van der Waals surface area (Å²) >= 11 is 5.82. The van der Waals surface area contributed by atoms with E-state index in [0.717, 1.165) is 5.56 Å². The van der Waals surface area contributed by atoms with Gasteiger partial charge in [-0.2, -0.15) is 0 Å². The highest BCUT2D eigenvalue weighted by Crippen LogP contribution is 2.11. The Kier molecular flexibility index (Phi) is 7.83. The van der Waals surface area contributed by atoms with Crippen molar-refractivity contribution in [2.45, 2.75) is 19.9 Å². The van der Waals surface area contributed by atoms with Crippen molar-refractivity contribution < 1.29 is 19.1 Å². The van der Waals surface area contributed by atoms with Crippen LogP contribution in [0.25, 0.3) is 6.08 Å². The predicted octanol–water partition coefficient (Wildman–Crippen LogP) is 1.54. The number of amides is 2. The van der Waals surface area contributed by atoms with Crippen LogP contribution in [0, 0.1) is 0 Å². The third kappa shape index (κ3) is 7.46. The van der Waals surface area contributed by atoms with Crippen molar-refractivity contribution in [3.63, 3.8) is 0 Å². The van der Waals surface area contributed by atoms with Crippen molar-refractivity contribution >= 4 is 35.5 Å². The van der Waals surface area contributed by atoms with E-state index in [1.54, 1.807) is 38.1 Å². The molecule has 0 unspecified atom stereocenters. The number of halogens is 1. The molecule has 0 aliphatic heterocycles. The van der Waals surface area contributed by atoms with E-state index in [-0.39, 0.29) is 5.91 Å². The Hall–Kier alpha value is -2.34. The van der Waals surface area contributed by atoms with Gasteiger partial charge in [0, 0.05) is 17.6 Å². The van der Waals surface area contributed by atoms with Crippen LogP contribution >= 0.6 is 11.6 Å². The number of nitrogens with one attached hydrogen (secondary N) is 2. The van der Waals surface area contributed by atoms with Gasteiger partial charge in [-0.1, -0.05) is 23.7 Å². The fraction of sp³-hybridized carbons (Fsp3) is 0.312. The van der Waals surface area contributed by atoms with Gasteiger partial charge in [0.1, 0.15) is 6.04 Å². The first kappa shape index (κ1) is 18.7. The molecule has 0 aliphatic carbocycles. The van der Waals surface area contributed by atoms with Crippen molar-refractivity contribution in [3.05, 3.63) is 40.9 Å². The number of rotatable bonds is 7.